The number of nitrogens with zero attached hydrogens (tertiary/aromatic N) is 1. The lowest BCUT2D eigenvalue weighted by atomic mass is 10.1. The van der Waals surface area contributed by atoms with Gasteiger partial charge < -0.3 is 54.0 Å². The zero-order valence-corrected chi connectivity index (χ0v) is 21.3. The Kier molecular flexibility index (Phi) is 12.0. The Balaban J connectivity index is 0.00000256. The topological polar surface area (TPSA) is 69.3 Å². The highest BCUT2D eigenvalue weighted by Gasteiger charge is 2.20. The molecule has 0 spiro atoms. The van der Waals surface area contributed by atoms with E-state index < -0.39 is 0 Å². The van der Waals surface area contributed by atoms with Gasteiger partial charge in [-0.2, -0.15) is 0 Å². The van der Waals surface area contributed by atoms with Gasteiger partial charge in [0.15, 0.2) is 11.5 Å². The second-order valence-electron chi connectivity index (χ2n) is 6.72. The molecule has 1 heterocycles. The van der Waals surface area contributed by atoms with Gasteiger partial charge in [-0.25, -0.2) is 4.79 Å². The number of rotatable bonds is 8. The molecular formula is C22H27BrCl2N2O5-2. The molecule has 3 rings (SSSR count). The third-order valence-electron chi connectivity index (χ3n) is 4.83. The number of ether oxygens (including phenoxy) is 4. The van der Waals surface area contributed by atoms with Crippen molar-refractivity contribution in [2.24, 2.45) is 0 Å². The Morgan fingerprint density at radius 3 is 2.50 bits per heavy atom. The van der Waals surface area contributed by atoms with Crippen LogP contribution in [0.4, 0.5) is 11.4 Å². The summed E-state index contributed by atoms with van der Waals surface area (Å²) in [7, 11) is 3.02. The van der Waals surface area contributed by atoms with Gasteiger partial charge >= 0.3 is 5.97 Å². The van der Waals surface area contributed by atoms with E-state index in [0.717, 1.165) is 34.5 Å². The molecule has 2 aromatic carbocycles. The van der Waals surface area contributed by atoms with E-state index in [1.807, 2.05) is 37.3 Å². The first kappa shape index (κ1) is 28.2. The average Bonchev–Trinajstić information content (AvgIpc) is 2.79. The molecule has 0 unspecified atom stereocenters. The number of morpholine rings is 1. The van der Waals surface area contributed by atoms with Crippen molar-refractivity contribution in [2.75, 3.05) is 57.3 Å². The van der Waals surface area contributed by atoms with E-state index in [-0.39, 0.29) is 30.8 Å². The molecule has 0 atom stereocenters. The van der Waals surface area contributed by atoms with Gasteiger partial charge in [0.25, 0.3) is 0 Å². The minimum Gasteiger partial charge on any atom is -1.00 e. The molecule has 0 bridgehead atoms. The fourth-order valence-corrected chi connectivity index (χ4v) is 3.97. The molecule has 0 saturated carbocycles. The van der Waals surface area contributed by atoms with Crippen LogP contribution in [-0.2, 0) is 16.0 Å². The number of hydrogen-bond donors (Lipinski definition) is 1. The van der Waals surface area contributed by atoms with Crippen molar-refractivity contribution in [3.05, 3.63) is 45.9 Å². The van der Waals surface area contributed by atoms with Crippen molar-refractivity contribution in [3.8, 4) is 11.5 Å². The summed E-state index contributed by atoms with van der Waals surface area (Å²) in [6.45, 7) is 5.83. The van der Waals surface area contributed by atoms with Crippen molar-refractivity contribution in [3.63, 3.8) is 0 Å². The molecule has 1 saturated heterocycles. The SMILES string of the molecule is CCOc1c(Br)cc(CNc2ccc(N3CCOCC3)c(C(=O)OC)c2)cc1OC.[Cl-].[Cl-]. The van der Waals surface area contributed by atoms with E-state index in [0.29, 0.717) is 43.4 Å². The molecule has 1 aliphatic heterocycles. The van der Waals surface area contributed by atoms with Crippen LogP contribution in [0.3, 0.4) is 0 Å². The first-order valence-electron chi connectivity index (χ1n) is 9.85. The second-order valence-corrected chi connectivity index (χ2v) is 7.57. The summed E-state index contributed by atoms with van der Waals surface area (Å²) in [5.74, 6) is 0.998. The van der Waals surface area contributed by atoms with Crippen molar-refractivity contribution in [1.82, 2.24) is 0 Å². The third-order valence-corrected chi connectivity index (χ3v) is 5.42. The van der Waals surface area contributed by atoms with Gasteiger partial charge in [-0.1, -0.05) is 0 Å². The smallest absolute Gasteiger partial charge is 0.340 e. The molecule has 0 aromatic heterocycles. The number of carbonyl (C=O) groups is 1. The van der Waals surface area contributed by atoms with Crippen LogP contribution in [0.5, 0.6) is 11.5 Å². The minimum absolute atomic E-state index is 0. The highest BCUT2D eigenvalue weighted by molar-refractivity contribution is 9.10. The molecule has 7 nitrogen and oxygen atoms in total. The number of nitrogens with one attached hydrogen (secondary N) is 1. The zero-order chi connectivity index (χ0) is 21.5. The molecule has 2 aromatic rings. The van der Waals surface area contributed by atoms with E-state index in [1.165, 1.54) is 7.11 Å². The number of esters is 1. The normalized spacial score (nSPS) is 12.8. The second kappa shape index (κ2) is 13.6. The van der Waals surface area contributed by atoms with Crippen LogP contribution in [0.15, 0.2) is 34.8 Å². The molecule has 10 heteroatoms. The van der Waals surface area contributed by atoms with Gasteiger partial charge in [0.1, 0.15) is 0 Å². The number of hydrogen-bond acceptors (Lipinski definition) is 7. The molecule has 32 heavy (non-hydrogen) atoms. The lowest BCUT2D eigenvalue weighted by Gasteiger charge is -2.30. The van der Waals surface area contributed by atoms with E-state index in [9.17, 15) is 4.79 Å². The Labute approximate surface area is 209 Å². The molecule has 1 fully saturated rings. The van der Waals surface area contributed by atoms with Crippen LogP contribution in [0.2, 0.25) is 0 Å². The maximum absolute atomic E-state index is 12.4. The van der Waals surface area contributed by atoms with E-state index >= 15 is 0 Å². The first-order valence-corrected chi connectivity index (χ1v) is 10.6. The van der Waals surface area contributed by atoms with Crippen LogP contribution in [0, 0.1) is 0 Å². The van der Waals surface area contributed by atoms with Crippen LogP contribution in [-0.4, -0.2) is 53.1 Å². The summed E-state index contributed by atoms with van der Waals surface area (Å²) < 4.78 is 22.4. The lowest BCUT2D eigenvalue weighted by Crippen LogP contribution is -3.00. The van der Waals surface area contributed by atoms with E-state index in [1.54, 1.807) is 7.11 Å². The highest BCUT2D eigenvalue weighted by atomic mass is 79.9. The molecule has 0 aliphatic carbocycles. The predicted molar refractivity (Wildman–Crippen MR) is 120 cm³/mol. The highest BCUT2D eigenvalue weighted by Crippen LogP contribution is 2.37. The fraction of sp³-hybridized carbons (Fsp3) is 0.409. The standard InChI is InChI=1S/C22H27BrN2O5.2ClH/c1-4-30-21-18(23)11-15(12-20(21)27-2)14-24-16-5-6-19(17(13-16)22(26)28-3)25-7-9-29-10-8-25;;/h5-6,11-13,24H,4,7-10,14H2,1-3H3;2*1H/p-2. The fourth-order valence-electron chi connectivity index (χ4n) is 3.36. The summed E-state index contributed by atoms with van der Waals surface area (Å²) in [6.07, 6.45) is 0. The maximum atomic E-state index is 12.4. The zero-order valence-electron chi connectivity index (χ0n) is 18.3. The van der Waals surface area contributed by atoms with E-state index in [4.69, 9.17) is 18.9 Å². The van der Waals surface area contributed by atoms with Crippen molar-refractivity contribution in [1.29, 1.82) is 0 Å². The minimum atomic E-state index is -0.356. The Bertz CT molecular complexity index is 895. The van der Waals surface area contributed by atoms with Crippen LogP contribution < -0.4 is 44.5 Å². The number of methoxy groups -OCH3 is 2. The maximum Gasteiger partial charge on any atom is 0.340 e. The van der Waals surface area contributed by atoms with Crippen LogP contribution >= 0.6 is 15.9 Å². The summed E-state index contributed by atoms with van der Waals surface area (Å²) in [5, 5.41) is 3.37. The van der Waals surface area contributed by atoms with Crippen molar-refractivity contribution in [2.45, 2.75) is 13.5 Å². The number of anilines is 2. The summed E-state index contributed by atoms with van der Waals surface area (Å²) in [5.41, 5.74) is 3.24. The largest absolute Gasteiger partial charge is 1.00 e. The quantitative estimate of drug-likeness (QED) is 0.386. The molecule has 178 valence electrons. The molecule has 1 N–H and O–H groups in total. The molecule has 1 aliphatic rings. The van der Waals surface area contributed by atoms with Gasteiger partial charge in [-0.15, -0.1) is 0 Å². The van der Waals surface area contributed by atoms with Gasteiger partial charge in [0.05, 0.1) is 49.8 Å². The van der Waals surface area contributed by atoms with Crippen molar-refractivity contribution < 1.29 is 48.6 Å². The molecule has 0 amide bonds. The summed E-state index contributed by atoms with van der Waals surface area (Å²) in [6, 6.07) is 9.68. The molecule has 0 radical (unpaired) electrons. The van der Waals surface area contributed by atoms with Gasteiger partial charge in [-0.05, 0) is 58.7 Å². The van der Waals surface area contributed by atoms with Crippen LogP contribution in [0.1, 0.15) is 22.8 Å². The monoisotopic (exact) mass is 548 g/mol. The summed E-state index contributed by atoms with van der Waals surface area (Å²) >= 11 is 3.55. The average molecular weight is 550 g/mol. The predicted octanol–water partition coefficient (Wildman–Crippen LogP) is -1.90. The number of halogens is 3. The first-order chi connectivity index (χ1) is 14.6. The van der Waals surface area contributed by atoms with Crippen molar-refractivity contribution >= 4 is 33.3 Å². The van der Waals surface area contributed by atoms with Crippen LogP contribution in [0.25, 0.3) is 0 Å². The number of benzene rings is 2. The van der Waals surface area contributed by atoms with Gasteiger partial charge in [0, 0.05) is 25.3 Å². The molecular weight excluding hydrogens is 523 g/mol. The Hall–Kier alpha value is -1.87. The van der Waals surface area contributed by atoms with Gasteiger partial charge in [-0.3, -0.25) is 0 Å². The van der Waals surface area contributed by atoms with Gasteiger partial charge in [0.2, 0.25) is 0 Å². The summed E-state index contributed by atoms with van der Waals surface area (Å²) in [4.78, 5) is 14.5. The van der Waals surface area contributed by atoms with E-state index in [2.05, 4.69) is 26.1 Å². The third kappa shape index (κ3) is 6.81. The Morgan fingerprint density at radius 2 is 1.88 bits per heavy atom. The lowest BCUT2D eigenvalue weighted by molar-refractivity contribution is -0.00100. The Morgan fingerprint density at radius 1 is 1.16 bits per heavy atom. The number of carbonyl (C=O) groups excluding carboxylic acids is 1.